The van der Waals surface area contributed by atoms with Gasteiger partial charge in [0.25, 0.3) is 0 Å². The second-order valence-corrected chi connectivity index (χ2v) is 4.40. The molecule has 0 saturated carbocycles. The average molecular weight is 298 g/mol. The number of oxime groups is 1. The van der Waals surface area contributed by atoms with Crippen LogP contribution in [0.15, 0.2) is 47.8 Å². The minimum atomic E-state index is -4.51. The molecule has 0 aliphatic heterocycles. The Kier molecular flexibility index (Phi) is 4.15. The number of aromatic nitrogens is 2. The molecule has 1 aromatic heterocycles. The van der Waals surface area contributed by atoms with Crippen LogP contribution in [0.25, 0.3) is 0 Å². The van der Waals surface area contributed by atoms with E-state index in [0.29, 0.717) is 5.56 Å². The van der Waals surface area contributed by atoms with Crippen LogP contribution in [-0.2, 0) is 6.18 Å². The summed E-state index contributed by atoms with van der Waals surface area (Å²) in [6, 6.07) is 9.08. The second kappa shape index (κ2) is 5.86. The third kappa shape index (κ3) is 3.53. The van der Waals surface area contributed by atoms with Crippen molar-refractivity contribution in [2.45, 2.75) is 18.6 Å². The third-order valence-electron chi connectivity index (χ3n) is 2.93. The fraction of sp³-hybridized carbons (Fsp3) is 0.231. The average Bonchev–Trinajstić information content (AvgIpc) is 2.95. The molecule has 0 amide bonds. The molecule has 0 saturated heterocycles. The molecule has 0 aliphatic rings. The monoisotopic (exact) mass is 298 g/mol. The second-order valence-electron chi connectivity index (χ2n) is 4.40. The van der Waals surface area contributed by atoms with Crippen molar-refractivity contribution in [3.8, 4) is 0 Å². The summed E-state index contributed by atoms with van der Waals surface area (Å²) in [5.74, 6) is -0.0899. The van der Waals surface area contributed by atoms with Crippen molar-refractivity contribution < 1.29 is 18.4 Å². The number of nitrogens with zero attached hydrogens (tertiary/aromatic N) is 3. The van der Waals surface area contributed by atoms with Gasteiger partial charge in [0.2, 0.25) is 0 Å². The van der Waals surface area contributed by atoms with Crippen molar-refractivity contribution in [3.05, 3.63) is 53.9 Å². The smallest absolute Gasteiger partial charge is 0.409 e. The molecule has 21 heavy (non-hydrogen) atoms. The first-order chi connectivity index (χ1) is 9.91. The summed E-state index contributed by atoms with van der Waals surface area (Å²) in [5.41, 5.74) is 5.20. The quantitative estimate of drug-likeness (QED) is 0.394. The highest BCUT2D eigenvalue weighted by Crippen LogP contribution is 2.29. The van der Waals surface area contributed by atoms with Crippen molar-refractivity contribution in [2.24, 2.45) is 10.9 Å². The van der Waals surface area contributed by atoms with Crippen molar-refractivity contribution in [1.29, 1.82) is 0 Å². The molecular formula is C13H13F3N4O. The van der Waals surface area contributed by atoms with Crippen molar-refractivity contribution in [1.82, 2.24) is 9.78 Å². The summed E-state index contributed by atoms with van der Waals surface area (Å²) in [6.45, 7) is 0. The van der Waals surface area contributed by atoms with Gasteiger partial charge in [-0.05, 0) is 11.6 Å². The van der Waals surface area contributed by atoms with Crippen LogP contribution in [-0.4, -0.2) is 20.8 Å². The van der Waals surface area contributed by atoms with Crippen LogP contribution in [0.3, 0.4) is 0 Å². The molecule has 5 nitrogen and oxygen atoms in total. The van der Waals surface area contributed by atoms with E-state index in [4.69, 9.17) is 10.9 Å². The molecule has 112 valence electrons. The van der Waals surface area contributed by atoms with Crippen LogP contribution in [0.1, 0.15) is 23.7 Å². The molecule has 0 fully saturated rings. The van der Waals surface area contributed by atoms with Gasteiger partial charge in [-0.2, -0.15) is 18.3 Å². The maximum Gasteiger partial charge on any atom is 0.435 e. The first-order valence-electron chi connectivity index (χ1n) is 6.05. The van der Waals surface area contributed by atoms with Crippen LogP contribution in [0.5, 0.6) is 0 Å². The predicted molar refractivity (Wildman–Crippen MR) is 69.8 cm³/mol. The molecule has 2 rings (SSSR count). The number of halogens is 3. The highest BCUT2D eigenvalue weighted by Gasteiger charge is 2.34. The largest absolute Gasteiger partial charge is 0.435 e. The number of alkyl halides is 3. The van der Waals surface area contributed by atoms with Crippen molar-refractivity contribution in [2.75, 3.05) is 0 Å². The molecule has 0 spiro atoms. The van der Waals surface area contributed by atoms with E-state index in [1.807, 2.05) is 0 Å². The maximum atomic E-state index is 12.6. The number of benzene rings is 1. The lowest BCUT2D eigenvalue weighted by Gasteiger charge is -2.17. The van der Waals surface area contributed by atoms with Gasteiger partial charge in [-0.1, -0.05) is 35.5 Å². The molecule has 1 atom stereocenters. The van der Waals surface area contributed by atoms with Crippen LogP contribution in [0.2, 0.25) is 0 Å². The van der Waals surface area contributed by atoms with Crippen LogP contribution < -0.4 is 5.73 Å². The molecule has 1 heterocycles. The Labute approximate surface area is 118 Å². The predicted octanol–water partition coefficient (Wildman–Crippen LogP) is 2.63. The Bertz CT molecular complexity index is 622. The normalized spacial score (nSPS) is 14.1. The lowest BCUT2D eigenvalue weighted by atomic mass is 10.0. The number of rotatable bonds is 4. The summed E-state index contributed by atoms with van der Waals surface area (Å²) in [5, 5.41) is 15.1. The van der Waals surface area contributed by atoms with E-state index in [-0.39, 0.29) is 12.3 Å². The topological polar surface area (TPSA) is 76.4 Å². The Balaban J connectivity index is 2.38. The lowest BCUT2D eigenvalue weighted by Crippen LogP contribution is -2.21. The van der Waals surface area contributed by atoms with E-state index in [0.717, 1.165) is 10.7 Å². The third-order valence-corrected chi connectivity index (χ3v) is 2.93. The Hall–Kier alpha value is -2.51. The molecule has 8 heteroatoms. The molecule has 0 radical (unpaired) electrons. The van der Waals surface area contributed by atoms with Crippen LogP contribution >= 0.6 is 0 Å². The summed E-state index contributed by atoms with van der Waals surface area (Å²) in [4.78, 5) is 0. The molecule has 1 unspecified atom stereocenters. The Morgan fingerprint density at radius 1 is 1.29 bits per heavy atom. The molecule has 0 aliphatic carbocycles. The standard InChI is InChI=1S/C13H13F3N4O/c14-13(15,16)11-6-7-20(18-11)10(8-12(17)19-21)9-4-2-1-3-5-9/h1-7,10,21H,8H2,(H2,17,19). The molecule has 1 aromatic carbocycles. The van der Waals surface area contributed by atoms with Gasteiger partial charge in [-0.25, -0.2) is 0 Å². The van der Waals surface area contributed by atoms with E-state index in [2.05, 4.69) is 10.3 Å². The fourth-order valence-corrected chi connectivity index (χ4v) is 1.94. The number of amidine groups is 1. The van der Waals surface area contributed by atoms with E-state index in [9.17, 15) is 13.2 Å². The Morgan fingerprint density at radius 3 is 2.48 bits per heavy atom. The molecule has 3 N–H and O–H groups in total. The van der Waals surface area contributed by atoms with Gasteiger partial charge in [0.1, 0.15) is 5.84 Å². The number of nitrogens with two attached hydrogens (primary N) is 1. The fourth-order valence-electron chi connectivity index (χ4n) is 1.94. The van der Waals surface area contributed by atoms with Crippen LogP contribution in [0, 0.1) is 0 Å². The van der Waals surface area contributed by atoms with Gasteiger partial charge >= 0.3 is 6.18 Å². The van der Waals surface area contributed by atoms with Gasteiger partial charge in [0.05, 0.1) is 6.04 Å². The first-order valence-corrected chi connectivity index (χ1v) is 6.05. The summed E-state index contributed by atoms with van der Waals surface area (Å²) < 4.78 is 39.1. The van der Waals surface area contributed by atoms with Crippen molar-refractivity contribution >= 4 is 5.84 Å². The maximum absolute atomic E-state index is 12.6. The summed E-state index contributed by atoms with van der Waals surface area (Å²) in [6.07, 6.45) is -3.24. The first kappa shape index (κ1) is 14.9. The van der Waals surface area contributed by atoms with Gasteiger partial charge in [0, 0.05) is 12.6 Å². The van der Waals surface area contributed by atoms with E-state index >= 15 is 0 Å². The summed E-state index contributed by atoms with van der Waals surface area (Å²) in [7, 11) is 0. The minimum absolute atomic E-state index is 0.0412. The van der Waals surface area contributed by atoms with E-state index in [1.54, 1.807) is 30.3 Å². The summed E-state index contributed by atoms with van der Waals surface area (Å²) >= 11 is 0. The van der Waals surface area contributed by atoms with Gasteiger partial charge in [-0.15, -0.1) is 0 Å². The highest BCUT2D eigenvalue weighted by molar-refractivity contribution is 5.80. The van der Waals surface area contributed by atoms with Crippen LogP contribution in [0.4, 0.5) is 13.2 Å². The zero-order valence-electron chi connectivity index (χ0n) is 10.8. The number of hydrogen-bond acceptors (Lipinski definition) is 3. The Morgan fingerprint density at radius 2 is 1.95 bits per heavy atom. The molecular weight excluding hydrogens is 285 g/mol. The highest BCUT2D eigenvalue weighted by atomic mass is 19.4. The number of hydrogen-bond donors (Lipinski definition) is 2. The molecule has 2 aromatic rings. The zero-order chi connectivity index (χ0) is 15.5. The van der Waals surface area contributed by atoms with Gasteiger partial charge < -0.3 is 10.9 Å². The van der Waals surface area contributed by atoms with Gasteiger partial charge in [0.15, 0.2) is 5.69 Å². The zero-order valence-corrected chi connectivity index (χ0v) is 10.8. The van der Waals surface area contributed by atoms with Gasteiger partial charge in [-0.3, -0.25) is 4.68 Å². The lowest BCUT2D eigenvalue weighted by molar-refractivity contribution is -0.141. The van der Waals surface area contributed by atoms with Crippen molar-refractivity contribution in [3.63, 3.8) is 0 Å². The van der Waals surface area contributed by atoms with E-state index < -0.39 is 17.9 Å². The SMILES string of the molecule is NC(CC(c1ccccc1)n1ccc(C(F)(F)F)n1)=NO. The minimum Gasteiger partial charge on any atom is -0.409 e. The van der Waals surface area contributed by atoms with E-state index in [1.165, 1.54) is 6.20 Å². The molecule has 0 bridgehead atoms.